The Morgan fingerprint density at radius 2 is 2.42 bits per heavy atom. The molecule has 0 bridgehead atoms. The van der Waals surface area contributed by atoms with E-state index in [1.807, 2.05) is 18.3 Å². The summed E-state index contributed by atoms with van der Waals surface area (Å²) in [5, 5.41) is 7.67. The summed E-state index contributed by atoms with van der Waals surface area (Å²) in [7, 11) is 0. The SMILES string of the molecule is Cc1ccn2nc(NCCC3CCCCO3)nc2c1. The standard InChI is InChI=1S/C14H20N4O/c1-11-6-8-18-13(10-11)16-14(17-18)15-7-5-12-4-2-3-9-19-12/h6,8,10,12H,2-5,7,9H2,1H3,(H,15,17). The molecular weight excluding hydrogens is 240 g/mol. The van der Waals surface area contributed by atoms with Crippen LogP contribution in [0.3, 0.4) is 0 Å². The second-order valence-corrected chi connectivity index (χ2v) is 5.15. The predicted octanol–water partition coefficient (Wildman–Crippen LogP) is 2.41. The van der Waals surface area contributed by atoms with Crippen LogP contribution in [0.15, 0.2) is 18.3 Å². The van der Waals surface area contributed by atoms with Gasteiger partial charge < -0.3 is 10.1 Å². The van der Waals surface area contributed by atoms with Crippen LogP contribution in [0.25, 0.3) is 5.65 Å². The average Bonchev–Trinajstić information content (AvgIpc) is 2.82. The molecule has 1 saturated heterocycles. The summed E-state index contributed by atoms with van der Waals surface area (Å²) in [6.45, 7) is 3.83. The maximum absolute atomic E-state index is 5.70. The fourth-order valence-electron chi connectivity index (χ4n) is 2.44. The van der Waals surface area contributed by atoms with Gasteiger partial charge in [-0.25, -0.2) is 4.52 Å². The van der Waals surface area contributed by atoms with Crippen molar-refractivity contribution in [2.24, 2.45) is 0 Å². The highest BCUT2D eigenvalue weighted by Gasteiger charge is 2.13. The third-order valence-corrected chi connectivity index (χ3v) is 3.52. The second-order valence-electron chi connectivity index (χ2n) is 5.15. The van der Waals surface area contributed by atoms with E-state index in [0.717, 1.165) is 25.2 Å². The first-order chi connectivity index (χ1) is 9.31. The van der Waals surface area contributed by atoms with Crippen molar-refractivity contribution in [1.82, 2.24) is 14.6 Å². The van der Waals surface area contributed by atoms with Crippen molar-refractivity contribution in [3.63, 3.8) is 0 Å². The minimum absolute atomic E-state index is 0.403. The Bertz CT molecular complexity index is 545. The van der Waals surface area contributed by atoms with E-state index in [1.54, 1.807) is 4.52 Å². The van der Waals surface area contributed by atoms with E-state index in [9.17, 15) is 0 Å². The lowest BCUT2D eigenvalue weighted by atomic mass is 10.1. The minimum Gasteiger partial charge on any atom is -0.378 e. The highest BCUT2D eigenvalue weighted by Crippen LogP contribution is 2.15. The first-order valence-electron chi connectivity index (χ1n) is 7.00. The fourth-order valence-corrected chi connectivity index (χ4v) is 2.44. The van der Waals surface area contributed by atoms with Gasteiger partial charge in [0.1, 0.15) is 0 Å². The van der Waals surface area contributed by atoms with Crippen LogP contribution >= 0.6 is 0 Å². The van der Waals surface area contributed by atoms with Gasteiger partial charge in [-0.2, -0.15) is 4.98 Å². The molecular formula is C14H20N4O. The molecule has 0 aromatic carbocycles. The molecule has 1 N–H and O–H groups in total. The monoisotopic (exact) mass is 260 g/mol. The average molecular weight is 260 g/mol. The van der Waals surface area contributed by atoms with E-state index in [-0.39, 0.29) is 0 Å². The molecule has 0 spiro atoms. The van der Waals surface area contributed by atoms with Crippen molar-refractivity contribution in [3.05, 3.63) is 23.9 Å². The Labute approximate surface area is 113 Å². The van der Waals surface area contributed by atoms with Crippen molar-refractivity contribution in [2.75, 3.05) is 18.5 Å². The normalized spacial score (nSPS) is 19.7. The zero-order valence-corrected chi connectivity index (χ0v) is 11.3. The van der Waals surface area contributed by atoms with Crippen molar-refractivity contribution in [2.45, 2.75) is 38.7 Å². The van der Waals surface area contributed by atoms with Crippen molar-refractivity contribution >= 4 is 11.6 Å². The van der Waals surface area contributed by atoms with Crippen LogP contribution in [0, 0.1) is 6.92 Å². The van der Waals surface area contributed by atoms with E-state index in [0.29, 0.717) is 12.1 Å². The highest BCUT2D eigenvalue weighted by molar-refractivity contribution is 5.45. The number of hydrogen-bond acceptors (Lipinski definition) is 4. The number of aromatic nitrogens is 3. The number of hydrogen-bond donors (Lipinski definition) is 1. The summed E-state index contributed by atoms with van der Waals surface area (Å²) in [5.41, 5.74) is 2.08. The van der Waals surface area contributed by atoms with Crippen LogP contribution < -0.4 is 5.32 Å². The van der Waals surface area contributed by atoms with Gasteiger partial charge in [0, 0.05) is 19.3 Å². The van der Waals surface area contributed by atoms with E-state index in [1.165, 1.54) is 24.8 Å². The van der Waals surface area contributed by atoms with Crippen LogP contribution in [0.5, 0.6) is 0 Å². The summed E-state index contributed by atoms with van der Waals surface area (Å²) >= 11 is 0. The van der Waals surface area contributed by atoms with E-state index in [2.05, 4.69) is 22.3 Å². The molecule has 5 nitrogen and oxygen atoms in total. The van der Waals surface area contributed by atoms with Gasteiger partial charge in [0.15, 0.2) is 5.65 Å². The molecule has 102 valence electrons. The van der Waals surface area contributed by atoms with Crippen LogP contribution in [0.4, 0.5) is 5.95 Å². The second kappa shape index (κ2) is 5.57. The maximum Gasteiger partial charge on any atom is 0.243 e. The molecule has 0 radical (unpaired) electrons. The number of aryl methyl sites for hydroxylation is 1. The van der Waals surface area contributed by atoms with Gasteiger partial charge in [0.25, 0.3) is 0 Å². The summed E-state index contributed by atoms with van der Waals surface area (Å²) < 4.78 is 7.50. The molecule has 5 heteroatoms. The lowest BCUT2D eigenvalue weighted by Gasteiger charge is -2.22. The largest absolute Gasteiger partial charge is 0.378 e. The zero-order chi connectivity index (χ0) is 13.1. The number of rotatable bonds is 4. The number of anilines is 1. The first-order valence-corrected chi connectivity index (χ1v) is 7.00. The molecule has 1 fully saturated rings. The Balaban J connectivity index is 1.56. The molecule has 1 aliphatic heterocycles. The van der Waals surface area contributed by atoms with Gasteiger partial charge in [-0.1, -0.05) is 0 Å². The van der Waals surface area contributed by atoms with Gasteiger partial charge in [-0.3, -0.25) is 0 Å². The third kappa shape index (κ3) is 3.04. The Hall–Kier alpha value is -1.62. The van der Waals surface area contributed by atoms with Crippen molar-refractivity contribution in [1.29, 1.82) is 0 Å². The van der Waals surface area contributed by atoms with Crippen molar-refractivity contribution in [3.8, 4) is 0 Å². The molecule has 2 aromatic heterocycles. The highest BCUT2D eigenvalue weighted by atomic mass is 16.5. The number of fused-ring (bicyclic) bond motifs is 1. The number of nitrogens with zero attached hydrogens (tertiary/aromatic N) is 3. The summed E-state index contributed by atoms with van der Waals surface area (Å²) in [6, 6.07) is 4.06. The third-order valence-electron chi connectivity index (χ3n) is 3.52. The van der Waals surface area contributed by atoms with Crippen LogP contribution in [0.1, 0.15) is 31.2 Å². The molecule has 0 aliphatic carbocycles. The lowest BCUT2D eigenvalue weighted by molar-refractivity contribution is 0.0134. The smallest absolute Gasteiger partial charge is 0.243 e. The van der Waals surface area contributed by atoms with E-state index < -0.39 is 0 Å². The van der Waals surface area contributed by atoms with Gasteiger partial charge in [0.2, 0.25) is 5.95 Å². The van der Waals surface area contributed by atoms with E-state index >= 15 is 0 Å². The summed E-state index contributed by atoms with van der Waals surface area (Å²) in [6.07, 6.45) is 7.04. The lowest BCUT2D eigenvalue weighted by Crippen LogP contribution is -2.22. The molecule has 2 aromatic rings. The molecule has 1 unspecified atom stereocenters. The van der Waals surface area contributed by atoms with Crippen molar-refractivity contribution < 1.29 is 4.74 Å². The molecule has 3 heterocycles. The topological polar surface area (TPSA) is 51.5 Å². The minimum atomic E-state index is 0.403. The van der Waals surface area contributed by atoms with Gasteiger partial charge >= 0.3 is 0 Å². The Morgan fingerprint density at radius 3 is 3.26 bits per heavy atom. The Morgan fingerprint density at radius 1 is 1.47 bits per heavy atom. The molecule has 0 amide bonds. The molecule has 3 rings (SSSR count). The Kier molecular flexibility index (Phi) is 3.64. The van der Waals surface area contributed by atoms with E-state index in [4.69, 9.17) is 4.74 Å². The van der Waals surface area contributed by atoms with Gasteiger partial charge in [-0.15, -0.1) is 5.10 Å². The molecule has 1 aliphatic rings. The number of pyridine rings is 1. The summed E-state index contributed by atoms with van der Waals surface area (Å²) in [4.78, 5) is 4.46. The molecule has 1 atom stereocenters. The fraction of sp³-hybridized carbons (Fsp3) is 0.571. The first kappa shape index (κ1) is 12.4. The quantitative estimate of drug-likeness (QED) is 0.917. The van der Waals surface area contributed by atoms with Crippen LogP contribution in [-0.4, -0.2) is 33.9 Å². The predicted molar refractivity (Wildman–Crippen MR) is 74.4 cm³/mol. The summed E-state index contributed by atoms with van der Waals surface area (Å²) in [5.74, 6) is 0.696. The van der Waals surface area contributed by atoms with Crippen LogP contribution in [0.2, 0.25) is 0 Å². The number of ether oxygens (including phenoxy) is 1. The molecule has 19 heavy (non-hydrogen) atoms. The maximum atomic E-state index is 5.70. The van der Waals surface area contributed by atoms with Gasteiger partial charge in [0.05, 0.1) is 6.10 Å². The molecule has 0 saturated carbocycles. The number of nitrogens with one attached hydrogen (secondary N) is 1. The van der Waals surface area contributed by atoms with Gasteiger partial charge in [-0.05, 0) is 50.3 Å². The van der Waals surface area contributed by atoms with Crippen LogP contribution in [-0.2, 0) is 4.74 Å². The zero-order valence-electron chi connectivity index (χ0n) is 11.3.